The van der Waals surface area contributed by atoms with Crippen LogP contribution >= 0.6 is 0 Å². The molecular formula is C19H22N4O4. The molecule has 4 rings (SSSR count). The lowest BCUT2D eigenvalue weighted by Gasteiger charge is -2.36. The average molecular weight is 370 g/mol. The molecule has 0 bridgehead atoms. The maximum Gasteiger partial charge on any atom is 0.245 e. The summed E-state index contributed by atoms with van der Waals surface area (Å²) in [5.41, 5.74) is 2.64. The maximum atomic E-state index is 12.6. The van der Waals surface area contributed by atoms with E-state index < -0.39 is 6.04 Å². The highest BCUT2D eigenvalue weighted by molar-refractivity contribution is 5.99. The van der Waals surface area contributed by atoms with Crippen LogP contribution in [0.25, 0.3) is 0 Å². The summed E-state index contributed by atoms with van der Waals surface area (Å²) in [4.78, 5) is 51.2. The van der Waals surface area contributed by atoms with Gasteiger partial charge in [0.05, 0.1) is 12.8 Å². The fraction of sp³-hybridized carbons (Fsp3) is 0.474. The van der Waals surface area contributed by atoms with E-state index in [0.29, 0.717) is 45.4 Å². The molecule has 0 radical (unpaired) electrons. The first-order valence-electron chi connectivity index (χ1n) is 9.27. The van der Waals surface area contributed by atoms with Gasteiger partial charge in [0.25, 0.3) is 0 Å². The van der Waals surface area contributed by atoms with E-state index in [1.54, 1.807) is 9.80 Å². The number of fused-ring (bicyclic) bond motifs is 1. The van der Waals surface area contributed by atoms with Gasteiger partial charge in [-0.05, 0) is 23.6 Å². The van der Waals surface area contributed by atoms with Crippen LogP contribution in [0, 0.1) is 0 Å². The molecule has 1 aromatic rings. The van der Waals surface area contributed by atoms with Gasteiger partial charge in [-0.25, -0.2) is 0 Å². The second-order valence-corrected chi connectivity index (χ2v) is 7.26. The summed E-state index contributed by atoms with van der Waals surface area (Å²) in [6.07, 6.45) is 1.59. The van der Waals surface area contributed by atoms with E-state index in [1.807, 2.05) is 18.2 Å². The number of piperazine rings is 1. The van der Waals surface area contributed by atoms with E-state index in [2.05, 4.69) is 10.6 Å². The van der Waals surface area contributed by atoms with Crippen LogP contribution in [0.4, 0.5) is 5.69 Å². The van der Waals surface area contributed by atoms with Crippen LogP contribution in [0.3, 0.4) is 0 Å². The Morgan fingerprint density at radius 1 is 1.04 bits per heavy atom. The largest absolute Gasteiger partial charge is 0.344 e. The molecule has 2 saturated heterocycles. The monoisotopic (exact) mass is 370 g/mol. The van der Waals surface area contributed by atoms with Crippen molar-refractivity contribution in [3.8, 4) is 0 Å². The van der Waals surface area contributed by atoms with Crippen molar-refractivity contribution < 1.29 is 19.2 Å². The fourth-order valence-corrected chi connectivity index (χ4v) is 3.87. The highest BCUT2D eigenvalue weighted by Gasteiger charge is 2.33. The van der Waals surface area contributed by atoms with Crippen molar-refractivity contribution in [1.29, 1.82) is 0 Å². The predicted octanol–water partition coefficient (Wildman–Crippen LogP) is -0.327. The van der Waals surface area contributed by atoms with Gasteiger partial charge in [0, 0.05) is 38.3 Å². The molecule has 0 aliphatic carbocycles. The molecule has 8 heteroatoms. The molecule has 2 fully saturated rings. The zero-order valence-electron chi connectivity index (χ0n) is 15.0. The molecule has 142 valence electrons. The summed E-state index contributed by atoms with van der Waals surface area (Å²) in [5, 5.41) is 5.49. The lowest BCUT2D eigenvalue weighted by atomic mass is 10.1. The van der Waals surface area contributed by atoms with Crippen LogP contribution in [0.5, 0.6) is 0 Å². The number of anilines is 1. The normalized spacial score (nSPS) is 21.7. The van der Waals surface area contributed by atoms with Crippen molar-refractivity contribution in [2.75, 3.05) is 31.5 Å². The third kappa shape index (κ3) is 3.65. The molecule has 1 aromatic carbocycles. The molecule has 3 aliphatic rings. The van der Waals surface area contributed by atoms with Gasteiger partial charge < -0.3 is 20.4 Å². The number of amides is 4. The van der Waals surface area contributed by atoms with Crippen molar-refractivity contribution in [3.63, 3.8) is 0 Å². The predicted molar refractivity (Wildman–Crippen MR) is 96.8 cm³/mol. The molecule has 27 heavy (non-hydrogen) atoms. The van der Waals surface area contributed by atoms with Crippen LogP contribution in [0.1, 0.15) is 24.0 Å². The number of carbonyl (C=O) groups is 4. The number of nitrogens with zero attached hydrogens (tertiary/aromatic N) is 2. The second kappa shape index (κ2) is 7.02. The Kier molecular flexibility index (Phi) is 4.55. The van der Waals surface area contributed by atoms with Crippen LogP contribution in [0.15, 0.2) is 18.2 Å². The quantitative estimate of drug-likeness (QED) is 0.761. The average Bonchev–Trinajstić information content (AvgIpc) is 3.25. The second-order valence-electron chi connectivity index (χ2n) is 7.26. The van der Waals surface area contributed by atoms with Crippen molar-refractivity contribution >= 4 is 29.3 Å². The lowest BCUT2D eigenvalue weighted by Crippen LogP contribution is -2.54. The summed E-state index contributed by atoms with van der Waals surface area (Å²) >= 11 is 0. The molecular weight excluding hydrogens is 348 g/mol. The SMILES string of the molecule is O=C1Cc2cc(CC(=O)N3CCN(C(=O)C4CCC(=O)N4)CC3)ccc2N1. The van der Waals surface area contributed by atoms with E-state index in [4.69, 9.17) is 0 Å². The topological polar surface area (TPSA) is 98.8 Å². The Hall–Kier alpha value is -2.90. The Morgan fingerprint density at radius 3 is 2.48 bits per heavy atom. The van der Waals surface area contributed by atoms with Crippen LogP contribution < -0.4 is 10.6 Å². The molecule has 1 atom stereocenters. The minimum atomic E-state index is -0.414. The molecule has 8 nitrogen and oxygen atoms in total. The Morgan fingerprint density at radius 2 is 1.78 bits per heavy atom. The third-order valence-corrected chi connectivity index (χ3v) is 5.39. The van der Waals surface area contributed by atoms with Crippen molar-refractivity contribution in [1.82, 2.24) is 15.1 Å². The standard InChI is InChI=1S/C19H22N4O4/c24-16-4-3-15(21-16)19(27)23-7-5-22(6-8-23)18(26)10-12-1-2-14-13(9-12)11-17(25)20-14/h1-2,9,15H,3-8,10-11H2,(H,20,25)(H,21,24). The number of nitrogens with one attached hydrogen (secondary N) is 2. The van der Waals surface area contributed by atoms with E-state index in [1.165, 1.54) is 0 Å². The van der Waals surface area contributed by atoms with Crippen molar-refractivity contribution in [2.24, 2.45) is 0 Å². The highest BCUT2D eigenvalue weighted by atomic mass is 16.2. The van der Waals surface area contributed by atoms with Gasteiger partial charge in [-0.1, -0.05) is 12.1 Å². The van der Waals surface area contributed by atoms with E-state index in [-0.39, 0.29) is 30.0 Å². The number of hydrogen-bond acceptors (Lipinski definition) is 4. The molecule has 3 aliphatic heterocycles. The zero-order chi connectivity index (χ0) is 19.0. The maximum absolute atomic E-state index is 12.6. The highest BCUT2D eigenvalue weighted by Crippen LogP contribution is 2.24. The van der Waals surface area contributed by atoms with Gasteiger partial charge >= 0.3 is 0 Å². The smallest absolute Gasteiger partial charge is 0.245 e. The minimum absolute atomic E-state index is 0.0206. The molecule has 2 N–H and O–H groups in total. The first-order valence-corrected chi connectivity index (χ1v) is 9.27. The van der Waals surface area contributed by atoms with Crippen molar-refractivity contribution in [3.05, 3.63) is 29.3 Å². The Bertz CT molecular complexity index is 814. The van der Waals surface area contributed by atoms with E-state index in [0.717, 1.165) is 16.8 Å². The van der Waals surface area contributed by atoms with Crippen molar-refractivity contribution in [2.45, 2.75) is 31.7 Å². The van der Waals surface area contributed by atoms with Gasteiger partial charge in [0.2, 0.25) is 23.6 Å². The van der Waals surface area contributed by atoms with E-state index in [9.17, 15) is 19.2 Å². The number of hydrogen-bond donors (Lipinski definition) is 2. The van der Waals surface area contributed by atoms with Gasteiger partial charge in [-0.3, -0.25) is 19.2 Å². The molecule has 4 amide bonds. The number of carbonyl (C=O) groups excluding carboxylic acids is 4. The summed E-state index contributed by atoms with van der Waals surface area (Å²) in [7, 11) is 0. The van der Waals surface area contributed by atoms with Crippen LogP contribution in [-0.4, -0.2) is 65.6 Å². The summed E-state index contributed by atoms with van der Waals surface area (Å²) < 4.78 is 0. The third-order valence-electron chi connectivity index (χ3n) is 5.39. The summed E-state index contributed by atoms with van der Waals surface area (Å²) in [5.74, 6) is -0.127. The summed E-state index contributed by atoms with van der Waals surface area (Å²) in [6, 6.07) is 5.20. The van der Waals surface area contributed by atoms with E-state index >= 15 is 0 Å². The fourth-order valence-electron chi connectivity index (χ4n) is 3.87. The van der Waals surface area contributed by atoms with Crippen LogP contribution in [0.2, 0.25) is 0 Å². The van der Waals surface area contributed by atoms with Gasteiger partial charge in [0.1, 0.15) is 6.04 Å². The first kappa shape index (κ1) is 17.5. The van der Waals surface area contributed by atoms with Gasteiger partial charge in [0.15, 0.2) is 0 Å². The molecule has 0 spiro atoms. The zero-order valence-corrected chi connectivity index (χ0v) is 15.0. The molecule has 3 heterocycles. The number of benzene rings is 1. The minimum Gasteiger partial charge on any atom is -0.344 e. The Labute approximate surface area is 156 Å². The molecule has 0 saturated carbocycles. The first-order chi connectivity index (χ1) is 13.0. The lowest BCUT2D eigenvalue weighted by molar-refractivity contribution is -0.140. The summed E-state index contributed by atoms with van der Waals surface area (Å²) in [6.45, 7) is 1.96. The van der Waals surface area contributed by atoms with Crippen LogP contribution in [-0.2, 0) is 32.0 Å². The van der Waals surface area contributed by atoms with Gasteiger partial charge in [-0.15, -0.1) is 0 Å². The molecule has 0 aromatic heterocycles. The Balaban J connectivity index is 1.30. The molecule has 1 unspecified atom stereocenters. The van der Waals surface area contributed by atoms with Gasteiger partial charge in [-0.2, -0.15) is 0 Å². The number of rotatable bonds is 3.